The summed E-state index contributed by atoms with van der Waals surface area (Å²) in [6.07, 6.45) is -18.2. The first-order valence-corrected chi connectivity index (χ1v) is 15.4. The number of hydrogen-bond acceptors (Lipinski definition) is 0. The van der Waals surface area contributed by atoms with Crippen LogP contribution >= 0.6 is 0 Å². The van der Waals surface area contributed by atoms with Crippen LogP contribution in [0.3, 0.4) is 0 Å². The van der Waals surface area contributed by atoms with Crippen molar-refractivity contribution in [2.24, 2.45) is 0 Å². The number of aryl methyl sites for hydroxylation is 2. The summed E-state index contributed by atoms with van der Waals surface area (Å²) in [5.74, 6) is -57.3. The smallest absolute Gasteiger partial charge is 0.194 e. The van der Waals surface area contributed by atoms with E-state index in [4.69, 9.17) is 0 Å². The maximum atomic E-state index is 14.8. The van der Waals surface area contributed by atoms with E-state index in [0.29, 0.717) is 18.1 Å². The number of hydrogen-bond donors (Lipinski definition) is 0. The van der Waals surface area contributed by atoms with Crippen LogP contribution in [0.5, 0.6) is 0 Å². The molecule has 0 aliphatic carbocycles. The Labute approximate surface area is 305 Å². The van der Waals surface area contributed by atoms with Crippen LogP contribution in [0, 0.1) is 5.92 Å². The van der Waals surface area contributed by atoms with E-state index in [0.717, 1.165) is 42.5 Å². The molecule has 0 saturated carbocycles. The normalized spacial score (nSPS) is 14.7. The molecule has 3 rings (SSSR count). The van der Waals surface area contributed by atoms with E-state index in [1.807, 2.05) is 0 Å². The second kappa shape index (κ2) is 15.3. The minimum atomic E-state index is -8.77. The molecule has 0 aliphatic rings. The third kappa shape index (κ3) is 8.90. The van der Waals surface area contributed by atoms with Crippen molar-refractivity contribution in [1.82, 2.24) is 0 Å². The molecule has 0 atom stereocenters. The van der Waals surface area contributed by atoms with Gasteiger partial charge >= 0.3 is 60.0 Å². The zero-order chi connectivity index (χ0) is 44.1. The molecule has 0 aliphatic heterocycles. The van der Waals surface area contributed by atoms with Gasteiger partial charge < -0.3 is 0 Å². The zero-order valence-corrected chi connectivity index (χ0v) is 27.7. The van der Waals surface area contributed by atoms with Crippen LogP contribution in [0.4, 0.5) is 101 Å². The molecular weight excluding hydrogens is 845 g/mol. The van der Waals surface area contributed by atoms with Gasteiger partial charge in [-0.15, -0.1) is 0 Å². The van der Waals surface area contributed by atoms with Crippen LogP contribution in [-0.4, -0.2) is 41.7 Å². The van der Waals surface area contributed by atoms with Gasteiger partial charge in [0.2, 0.25) is 0 Å². The average molecular weight is 868 g/mol. The fourth-order valence-corrected chi connectivity index (χ4v) is 5.17. The van der Waals surface area contributed by atoms with Crippen LogP contribution in [0.25, 0.3) is 0 Å². The number of benzene rings is 3. The van der Waals surface area contributed by atoms with Crippen LogP contribution in [0.15, 0.2) is 72.8 Å². The molecule has 0 heterocycles. The van der Waals surface area contributed by atoms with Gasteiger partial charge in [0.15, 0.2) is 0 Å². The van der Waals surface area contributed by atoms with Gasteiger partial charge in [0.05, 0.1) is 11.1 Å². The van der Waals surface area contributed by atoms with E-state index in [1.54, 1.807) is 0 Å². The van der Waals surface area contributed by atoms with Gasteiger partial charge in [-0.25, -0.2) is 0 Å². The van der Waals surface area contributed by atoms with Crippen molar-refractivity contribution in [3.63, 3.8) is 0 Å². The van der Waals surface area contributed by atoms with Crippen molar-refractivity contribution >= 4 is 0 Å². The number of halogens is 23. The molecule has 57 heavy (non-hydrogen) atoms. The lowest BCUT2D eigenvalue weighted by atomic mass is 9.86. The zero-order valence-electron chi connectivity index (χ0n) is 27.7. The Balaban J connectivity index is 1.93. The third-order valence-corrected chi connectivity index (χ3v) is 8.56. The Morgan fingerprint density at radius 2 is 0.737 bits per heavy atom. The summed E-state index contributed by atoms with van der Waals surface area (Å²) in [6.45, 7) is 0. The molecule has 0 spiro atoms. The Morgan fingerprint density at radius 3 is 1.18 bits per heavy atom. The highest BCUT2D eigenvalue weighted by Crippen LogP contribution is 2.65. The van der Waals surface area contributed by atoms with Crippen molar-refractivity contribution in [2.75, 3.05) is 0 Å². The molecular formula is C34H22F23. The molecule has 0 bridgehead atoms. The lowest BCUT2D eigenvalue weighted by Gasteiger charge is -2.42. The van der Waals surface area contributed by atoms with Crippen LogP contribution in [0.2, 0.25) is 0 Å². The summed E-state index contributed by atoms with van der Waals surface area (Å²) in [5, 5.41) is 0. The fourth-order valence-electron chi connectivity index (χ4n) is 5.17. The molecule has 319 valence electrons. The van der Waals surface area contributed by atoms with Crippen molar-refractivity contribution in [2.45, 2.75) is 92.1 Å². The Hall–Kier alpha value is -3.95. The number of alkyl halides is 23. The van der Waals surface area contributed by atoms with Gasteiger partial charge in [0, 0.05) is 5.56 Å². The van der Waals surface area contributed by atoms with Crippen LogP contribution < -0.4 is 0 Å². The van der Waals surface area contributed by atoms with E-state index in [-0.39, 0.29) is 54.5 Å². The maximum Gasteiger partial charge on any atom is 0.460 e. The molecule has 23 heteroatoms. The van der Waals surface area contributed by atoms with Gasteiger partial charge in [-0.05, 0) is 72.9 Å². The Bertz CT molecular complexity index is 1800. The molecule has 1 radical (unpaired) electrons. The molecule has 0 amide bonds. The summed E-state index contributed by atoms with van der Waals surface area (Å²) < 4.78 is 312. The Kier molecular flexibility index (Phi) is 12.8. The monoisotopic (exact) mass is 867 g/mol. The lowest BCUT2D eigenvalue weighted by molar-refractivity contribution is -0.462. The predicted molar refractivity (Wildman–Crippen MR) is 153 cm³/mol. The quantitative estimate of drug-likeness (QED) is 0.134. The van der Waals surface area contributed by atoms with Gasteiger partial charge in [-0.3, -0.25) is 0 Å². The van der Waals surface area contributed by atoms with Gasteiger partial charge in [-0.2, -0.15) is 101 Å². The van der Waals surface area contributed by atoms with Crippen molar-refractivity contribution < 1.29 is 101 Å². The molecule has 0 saturated heterocycles. The lowest BCUT2D eigenvalue weighted by Crippen LogP contribution is -2.74. The highest BCUT2D eigenvalue weighted by molar-refractivity contribution is 5.32. The summed E-state index contributed by atoms with van der Waals surface area (Å²) in [6, 6.07) is 7.93. The first-order valence-electron chi connectivity index (χ1n) is 15.4. The first kappa shape index (κ1) is 47.4. The van der Waals surface area contributed by atoms with Crippen LogP contribution in [-0.2, 0) is 37.5 Å². The largest absolute Gasteiger partial charge is 0.460 e. The Morgan fingerprint density at radius 1 is 0.351 bits per heavy atom. The minimum absolute atomic E-state index is 0.0552. The average Bonchev–Trinajstić information content (AvgIpc) is 3.08. The van der Waals surface area contributed by atoms with E-state index in [9.17, 15) is 101 Å². The van der Waals surface area contributed by atoms with E-state index in [2.05, 4.69) is 0 Å². The van der Waals surface area contributed by atoms with Gasteiger partial charge in [0.25, 0.3) is 0 Å². The third-order valence-electron chi connectivity index (χ3n) is 8.56. The topological polar surface area (TPSA) is 0 Å². The fraction of sp³-hybridized carbons (Fsp3) is 0.441. The summed E-state index contributed by atoms with van der Waals surface area (Å²) >= 11 is 0. The second-order valence-corrected chi connectivity index (χ2v) is 12.5. The second-order valence-electron chi connectivity index (χ2n) is 12.5. The molecule has 3 aromatic rings. The molecule has 0 aromatic heterocycles. The van der Waals surface area contributed by atoms with Gasteiger partial charge in [-0.1, -0.05) is 54.6 Å². The number of rotatable bonds is 15. The van der Waals surface area contributed by atoms with Crippen molar-refractivity contribution in [3.8, 4) is 0 Å². The van der Waals surface area contributed by atoms with Crippen molar-refractivity contribution in [3.05, 3.63) is 112 Å². The molecule has 0 N–H and O–H groups in total. The minimum Gasteiger partial charge on any atom is -0.194 e. The predicted octanol–water partition coefficient (Wildman–Crippen LogP) is 13.6. The van der Waals surface area contributed by atoms with E-state index >= 15 is 0 Å². The van der Waals surface area contributed by atoms with Crippen LogP contribution in [0.1, 0.15) is 46.2 Å². The molecule has 0 fully saturated rings. The first-order chi connectivity index (χ1) is 25.5. The summed E-state index contributed by atoms with van der Waals surface area (Å²) in [4.78, 5) is 0. The summed E-state index contributed by atoms with van der Waals surface area (Å²) in [7, 11) is 0. The molecule has 3 aromatic carbocycles. The van der Waals surface area contributed by atoms with E-state index in [1.165, 1.54) is 6.07 Å². The molecule has 0 nitrogen and oxygen atoms in total. The highest BCUT2D eigenvalue weighted by atomic mass is 19.4. The van der Waals surface area contributed by atoms with Crippen molar-refractivity contribution in [1.29, 1.82) is 0 Å². The maximum absolute atomic E-state index is 14.8. The van der Waals surface area contributed by atoms with Gasteiger partial charge in [0.1, 0.15) is 0 Å². The van der Waals surface area contributed by atoms with E-state index < -0.39 is 83.1 Å². The molecule has 0 unspecified atom stereocenters. The highest BCUT2D eigenvalue weighted by Gasteiger charge is 2.95. The summed E-state index contributed by atoms with van der Waals surface area (Å²) in [5.41, 5.74) is -4.35. The SMILES string of the molecule is FC(F)(F)c1ccc(CC[C](CCc2cccc(C(F)(F)F)c2)Cc2ccc(C(F)(F)C(F)(F)C(F)(F)C(F)(F)C(F)(F)C(F)(F)C(F)(F)C(F)(F)F)cc2)cc1. The standard InChI is InChI=1S/C34H22F23/c35-25(36,28(43,44)29(45,46)30(47,48)31(49,50)32(51,52)33(53,54)34(55,56)57)22-12-10-21(11-13-22)16-20(5-4-18-8-14-23(15-9-18)26(37,38)39)7-6-19-2-1-3-24(17-19)27(40,41)42/h1-3,8-15,17H,4-7,16H2.